The molecule has 1 aromatic heterocycles. The predicted molar refractivity (Wildman–Crippen MR) is 79.7 cm³/mol. The van der Waals surface area contributed by atoms with E-state index in [-0.39, 0.29) is 12.3 Å². The van der Waals surface area contributed by atoms with E-state index in [0.717, 1.165) is 11.1 Å². The van der Waals surface area contributed by atoms with Gasteiger partial charge in [0.15, 0.2) is 0 Å². The Bertz CT molecular complexity index is 682. The van der Waals surface area contributed by atoms with Gasteiger partial charge in [-0.1, -0.05) is 17.4 Å². The molecule has 2 aromatic rings. The zero-order chi connectivity index (χ0) is 15.4. The standard InChI is InChI=1S/C14H15N3O3S/c1-8-3-4-10(7-9(8)2)13(20)15-14-17-16-11(21-14)5-6-12(18)19/h3-4,7H,5-6H2,1-2H3,(H,18,19)(H,15,17,20). The lowest BCUT2D eigenvalue weighted by molar-refractivity contribution is -0.136. The highest BCUT2D eigenvalue weighted by Crippen LogP contribution is 2.18. The van der Waals surface area contributed by atoms with Crippen molar-refractivity contribution in [2.24, 2.45) is 0 Å². The van der Waals surface area contributed by atoms with Crippen molar-refractivity contribution in [2.45, 2.75) is 26.7 Å². The summed E-state index contributed by atoms with van der Waals surface area (Å²) in [5.41, 5.74) is 2.72. The van der Waals surface area contributed by atoms with E-state index in [1.54, 1.807) is 6.07 Å². The zero-order valence-corrected chi connectivity index (χ0v) is 12.5. The van der Waals surface area contributed by atoms with Crippen LogP contribution < -0.4 is 5.32 Å². The summed E-state index contributed by atoms with van der Waals surface area (Å²) in [5, 5.41) is 19.9. The summed E-state index contributed by atoms with van der Waals surface area (Å²) in [6.45, 7) is 3.93. The van der Waals surface area contributed by atoms with Crippen LogP contribution in [0.5, 0.6) is 0 Å². The molecule has 2 rings (SSSR count). The molecule has 0 aliphatic heterocycles. The van der Waals surface area contributed by atoms with Crippen LogP contribution in [0.15, 0.2) is 18.2 Å². The Hall–Kier alpha value is -2.28. The third-order valence-electron chi connectivity index (χ3n) is 3.01. The molecular weight excluding hydrogens is 290 g/mol. The minimum absolute atomic E-state index is 0.000261. The Morgan fingerprint density at radius 2 is 2.00 bits per heavy atom. The van der Waals surface area contributed by atoms with Gasteiger partial charge in [-0.3, -0.25) is 14.9 Å². The van der Waals surface area contributed by atoms with E-state index in [1.807, 2.05) is 26.0 Å². The molecule has 21 heavy (non-hydrogen) atoms. The Kier molecular flexibility index (Phi) is 4.64. The summed E-state index contributed by atoms with van der Waals surface area (Å²) in [5.74, 6) is -1.13. The lowest BCUT2D eigenvalue weighted by atomic mass is 10.1. The summed E-state index contributed by atoms with van der Waals surface area (Å²) >= 11 is 1.19. The molecule has 0 aliphatic rings. The maximum Gasteiger partial charge on any atom is 0.303 e. The molecule has 1 heterocycles. The molecule has 7 heteroatoms. The van der Waals surface area contributed by atoms with Crippen molar-refractivity contribution in [3.05, 3.63) is 39.9 Å². The third kappa shape index (κ3) is 4.09. The van der Waals surface area contributed by atoms with Crippen LogP contribution in [0, 0.1) is 13.8 Å². The normalized spacial score (nSPS) is 10.4. The molecule has 0 radical (unpaired) electrons. The fourth-order valence-electron chi connectivity index (χ4n) is 1.67. The molecule has 0 unspecified atom stereocenters. The summed E-state index contributed by atoms with van der Waals surface area (Å²) in [6.07, 6.45) is 0.312. The van der Waals surface area contributed by atoms with E-state index in [1.165, 1.54) is 11.3 Å². The number of carbonyl (C=O) groups is 2. The van der Waals surface area contributed by atoms with Gasteiger partial charge in [0, 0.05) is 12.0 Å². The highest BCUT2D eigenvalue weighted by atomic mass is 32.1. The summed E-state index contributed by atoms with van der Waals surface area (Å²) in [6, 6.07) is 5.46. The van der Waals surface area contributed by atoms with Gasteiger partial charge in [0.1, 0.15) is 5.01 Å². The molecular formula is C14H15N3O3S. The van der Waals surface area contributed by atoms with Gasteiger partial charge >= 0.3 is 5.97 Å². The molecule has 0 aliphatic carbocycles. The largest absolute Gasteiger partial charge is 0.481 e. The van der Waals surface area contributed by atoms with Gasteiger partial charge in [-0.2, -0.15) is 0 Å². The number of hydrogen-bond acceptors (Lipinski definition) is 5. The SMILES string of the molecule is Cc1ccc(C(=O)Nc2nnc(CCC(=O)O)s2)cc1C. The molecule has 1 aromatic carbocycles. The van der Waals surface area contributed by atoms with Crippen molar-refractivity contribution >= 4 is 28.3 Å². The number of carbonyl (C=O) groups excluding carboxylic acids is 1. The van der Waals surface area contributed by atoms with Gasteiger partial charge in [-0.05, 0) is 37.1 Å². The molecule has 110 valence electrons. The quantitative estimate of drug-likeness (QED) is 0.885. The maximum atomic E-state index is 12.1. The van der Waals surface area contributed by atoms with E-state index in [9.17, 15) is 9.59 Å². The average molecular weight is 305 g/mol. The first-order valence-corrected chi connectivity index (χ1v) is 7.20. The van der Waals surface area contributed by atoms with Crippen LogP contribution in [0.25, 0.3) is 0 Å². The smallest absolute Gasteiger partial charge is 0.303 e. The fraction of sp³-hybridized carbons (Fsp3) is 0.286. The lowest BCUT2D eigenvalue weighted by Crippen LogP contribution is -2.12. The second kappa shape index (κ2) is 6.45. The highest BCUT2D eigenvalue weighted by Gasteiger charge is 2.11. The van der Waals surface area contributed by atoms with Crippen LogP contribution in [0.1, 0.15) is 32.9 Å². The van der Waals surface area contributed by atoms with Gasteiger partial charge in [0.25, 0.3) is 5.91 Å². The molecule has 2 N–H and O–H groups in total. The number of hydrogen-bond donors (Lipinski definition) is 2. The second-order valence-corrected chi connectivity index (χ2v) is 5.71. The number of benzene rings is 1. The zero-order valence-electron chi connectivity index (χ0n) is 11.7. The number of anilines is 1. The van der Waals surface area contributed by atoms with Crippen molar-refractivity contribution < 1.29 is 14.7 Å². The van der Waals surface area contributed by atoms with E-state index in [2.05, 4.69) is 15.5 Å². The van der Waals surface area contributed by atoms with E-state index >= 15 is 0 Å². The monoisotopic (exact) mass is 305 g/mol. The molecule has 1 amide bonds. The van der Waals surface area contributed by atoms with Gasteiger partial charge in [0.2, 0.25) is 5.13 Å². The van der Waals surface area contributed by atoms with Crippen LogP contribution in [0.4, 0.5) is 5.13 Å². The molecule has 0 spiro atoms. The first-order valence-electron chi connectivity index (χ1n) is 6.38. The van der Waals surface area contributed by atoms with E-state index in [4.69, 9.17) is 5.11 Å². The van der Waals surface area contributed by atoms with Crippen LogP contribution in [-0.4, -0.2) is 27.2 Å². The van der Waals surface area contributed by atoms with Crippen molar-refractivity contribution in [3.8, 4) is 0 Å². The van der Waals surface area contributed by atoms with Crippen LogP contribution in [-0.2, 0) is 11.2 Å². The van der Waals surface area contributed by atoms with Gasteiger partial charge in [-0.15, -0.1) is 10.2 Å². The number of carboxylic acids is 1. The minimum atomic E-state index is -0.883. The maximum absolute atomic E-state index is 12.1. The predicted octanol–water partition coefficient (Wildman–Crippen LogP) is 2.42. The van der Waals surface area contributed by atoms with Crippen LogP contribution >= 0.6 is 11.3 Å². The van der Waals surface area contributed by atoms with E-state index in [0.29, 0.717) is 22.1 Å². The molecule has 0 bridgehead atoms. The third-order valence-corrected chi connectivity index (χ3v) is 3.91. The minimum Gasteiger partial charge on any atom is -0.481 e. The van der Waals surface area contributed by atoms with E-state index < -0.39 is 5.97 Å². The number of nitrogens with one attached hydrogen (secondary N) is 1. The average Bonchev–Trinajstić information content (AvgIpc) is 2.87. The summed E-state index contributed by atoms with van der Waals surface area (Å²) < 4.78 is 0. The molecule has 6 nitrogen and oxygen atoms in total. The number of rotatable bonds is 5. The number of aromatic nitrogens is 2. The van der Waals surface area contributed by atoms with Crippen LogP contribution in [0.2, 0.25) is 0 Å². The molecule has 0 fully saturated rings. The summed E-state index contributed by atoms with van der Waals surface area (Å²) in [4.78, 5) is 22.6. The Labute approximate surface area is 125 Å². The number of nitrogens with zero attached hydrogens (tertiary/aromatic N) is 2. The molecule has 0 saturated heterocycles. The second-order valence-electron chi connectivity index (χ2n) is 4.65. The highest BCUT2D eigenvalue weighted by molar-refractivity contribution is 7.15. The Morgan fingerprint density at radius 3 is 2.67 bits per heavy atom. The van der Waals surface area contributed by atoms with Crippen molar-refractivity contribution in [1.82, 2.24) is 10.2 Å². The van der Waals surface area contributed by atoms with Gasteiger partial charge in [-0.25, -0.2) is 0 Å². The number of carboxylic acid groups (broad SMARTS) is 1. The number of aliphatic carboxylic acids is 1. The van der Waals surface area contributed by atoms with Crippen molar-refractivity contribution in [1.29, 1.82) is 0 Å². The first kappa shape index (κ1) is 15.1. The number of amides is 1. The van der Waals surface area contributed by atoms with Crippen molar-refractivity contribution in [3.63, 3.8) is 0 Å². The number of aryl methyl sites for hydroxylation is 3. The topological polar surface area (TPSA) is 92.2 Å². The first-order chi connectivity index (χ1) is 9.95. The Balaban J connectivity index is 2.02. The van der Waals surface area contributed by atoms with Crippen LogP contribution in [0.3, 0.4) is 0 Å². The molecule has 0 atom stereocenters. The summed E-state index contributed by atoms with van der Waals surface area (Å²) in [7, 11) is 0. The van der Waals surface area contributed by atoms with Gasteiger partial charge in [0.05, 0.1) is 6.42 Å². The molecule has 0 saturated carbocycles. The Morgan fingerprint density at radius 1 is 1.24 bits per heavy atom. The lowest BCUT2D eigenvalue weighted by Gasteiger charge is -2.04. The van der Waals surface area contributed by atoms with Crippen molar-refractivity contribution in [2.75, 3.05) is 5.32 Å². The van der Waals surface area contributed by atoms with Gasteiger partial charge < -0.3 is 5.11 Å². The fourth-order valence-corrected chi connectivity index (χ4v) is 2.41.